The monoisotopic (exact) mass is 1000 g/mol. The van der Waals surface area contributed by atoms with Gasteiger partial charge in [-0.2, -0.15) is 0 Å². The molecule has 0 bridgehead atoms. The largest absolute Gasteiger partial charge is 0.462 e. The maximum Gasteiger partial charge on any atom is 0.306 e. The lowest BCUT2D eigenvalue weighted by Crippen LogP contribution is -2.30. The molecule has 0 rings (SSSR count). The van der Waals surface area contributed by atoms with E-state index in [-0.39, 0.29) is 31.1 Å². The fourth-order valence-electron chi connectivity index (χ4n) is 8.37. The number of esters is 3. The summed E-state index contributed by atoms with van der Waals surface area (Å²) in [6, 6.07) is 0. The molecule has 0 aromatic carbocycles. The van der Waals surface area contributed by atoms with Crippen LogP contribution in [0.15, 0.2) is 97.2 Å². The van der Waals surface area contributed by atoms with Crippen molar-refractivity contribution in [3.8, 4) is 0 Å². The van der Waals surface area contributed by atoms with Crippen LogP contribution in [0.2, 0.25) is 0 Å². The van der Waals surface area contributed by atoms with Crippen LogP contribution in [0.3, 0.4) is 0 Å². The highest BCUT2D eigenvalue weighted by atomic mass is 16.6. The van der Waals surface area contributed by atoms with Crippen molar-refractivity contribution in [2.75, 3.05) is 13.2 Å². The highest BCUT2D eigenvalue weighted by molar-refractivity contribution is 5.71. The third kappa shape index (κ3) is 57.2. The highest BCUT2D eigenvalue weighted by Gasteiger charge is 2.19. The Morgan fingerprint density at radius 2 is 0.542 bits per heavy atom. The van der Waals surface area contributed by atoms with Crippen molar-refractivity contribution in [1.29, 1.82) is 0 Å². The topological polar surface area (TPSA) is 78.9 Å². The smallest absolute Gasteiger partial charge is 0.306 e. The number of hydrogen-bond acceptors (Lipinski definition) is 6. The molecule has 0 radical (unpaired) electrons. The zero-order chi connectivity index (χ0) is 52.2. The van der Waals surface area contributed by atoms with Crippen LogP contribution in [0.5, 0.6) is 0 Å². The molecule has 1 atom stereocenters. The van der Waals surface area contributed by atoms with E-state index >= 15 is 0 Å². The van der Waals surface area contributed by atoms with E-state index in [0.717, 1.165) is 116 Å². The summed E-state index contributed by atoms with van der Waals surface area (Å²) < 4.78 is 16.8. The molecule has 0 aromatic rings. The number of carbonyl (C=O) groups is 3. The summed E-state index contributed by atoms with van der Waals surface area (Å²) in [6.45, 7) is 6.36. The zero-order valence-corrected chi connectivity index (χ0v) is 47.2. The van der Waals surface area contributed by atoms with Crippen molar-refractivity contribution >= 4 is 17.9 Å². The van der Waals surface area contributed by atoms with Crippen LogP contribution in [-0.4, -0.2) is 37.2 Å². The van der Waals surface area contributed by atoms with Crippen LogP contribution < -0.4 is 0 Å². The molecule has 0 aromatic heterocycles. The van der Waals surface area contributed by atoms with Gasteiger partial charge < -0.3 is 14.2 Å². The first kappa shape index (κ1) is 68.3. The van der Waals surface area contributed by atoms with Gasteiger partial charge in [-0.05, 0) is 96.3 Å². The summed E-state index contributed by atoms with van der Waals surface area (Å²) in [4.78, 5) is 37.9. The van der Waals surface area contributed by atoms with Gasteiger partial charge in [0.05, 0.1) is 0 Å². The maximum absolute atomic E-state index is 12.8. The van der Waals surface area contributed by atoms with Crippen molar-refractivity contribution in [3.63, 3.8) is 0 Å². The Morgan fingerprint density at radius 3 is 0.861 bits per heavy atom. The second-order valence-electron chi connectivity index (χ2n) is 19.9. The normalized spacial score (nSPS) is 12.8. The van der Waals surface area contributed by atoms with Gasteiger partial charge in [-0.1, -0.05) is 266 Å². The van der Waals surface area contributed by atoms with Crippen molar-refractivity contribution in [3.05, 3.63) is 97.2 Å². The minimum atomic E-state index is -0.788. The average molecular weight is 1000 g/mol. The van der Waals surface area contributed by atoms with Crippen LogP contribution in [-0.2, 0) is 28.6 Å². The van der Waals surface area contributed by atoms with Gasteiger partial charge in [0, 0.05) is 19.3 Å². The molecule has 72 heavy (non-hydrogen) atoms. The number of hydrogen-bond donors (Lipinski definition) is 0. The SMILES string of the molecule is CC/C=C\C/C=C\C/C=C\C/C=C\C/C=C\CCCCCCCCCCCCCCCCCCCC(=O)OCC(COC(=O)CCCCCCCCCC)OC(=O)CCCCC/C=C\C/C=C\C/C=C\CC. The summed E-state index contributed by atoms with van der Waals surface area (Å²) >= 11 is 0. The maximum atomic E-state index is 12.8. The van der Waals surface area contributed by atoms with Crippen molar-refractivity contribution in [1.82, 2.24) is 0 Å². The lowest BCUT2D eigenvalue weighted by Gasteiger charge is -2.18. The Balaban J connectivity index is 4.04. The molecule has 0 N–H and O–H groups in total. The molecule has 0 aliphatic rings. The van der Waals surface area contributed by atoms with E-state index in [1.54, 1.807) is 0 Å². The molecule has 0 fully saturated rings. The molecule has 0 aliphatic carbocycles. The summed E-state index contributed by atoms with van der Waals surface area (Å²) in [5.41, 5.74) is 0. The predicted octanol–water partition coefficient (Wildman–Crippen LogP) is 20.5. The van der Waals surface area contributed by atoms with Gasteiger partial charge in [0.15, 0.2) is 6.10 Å². The summed E-state index contributed by atoms with van der Waals surface area (Å²) in [5.74, 6) is -0.915. The zero-order valence-electron chi connectivity index (χ0n) is 47.2. The second kappa shape index (κ2) is 59.9. The minimum absolute atomic E-state index is 0.0860. The number of unbranched alkanes of at least 4 members (excludes halogenated alkanes) is 27. The summed E-state index contributed by atoms with van der Waals surface area (Å²) in [6.07, 6.45) is 80.2. The van der Waals surface area contributed by atoms with Gasteiger partial charge in [0.1, 0.15) is 13.2 Å². The van der Waals surface area contributed by atoms with E-state index in [9.17, 15) is 14.4 Å². The molecule has 0 saturated carbocycles. The molecule has 0 amide bonds. The summed E-state index contributed by atoms with van der Waals surface area (Å²) in [5, 5.41) is 0. The van der Waals surface area contributed by atoms with E-state index in [1.165, 1.54) is 128 Å². The van der Waals surface area contributed by atoms with E-state index in [2.05, 4.69) is 118 Å². The van der Waals surface area contributed by atoms with E-state index in [0.29, 0.717) is 19.3 Å². The number of rotatable bonds is 54. The van der Waals surface area contributed by atoms with E-state index in [1.807, 2.05) is 0 Å². The first-order chi connectivity index (χ1) is 35.5. The standard InChI is InChI=1S/C66H112O6/c1-4-7-10-13-16-19-21-23-24-25-26-27-28-29-30-31-32-33-34-35-36-37-38-39-40-41-42-44-45-47-50-53-56-59-65(68)71-62-63(61-70-64(67)58-55-52-49-18-15-12-9-6-3)72-66(69)60-57-54-51-48-46-43-22-20-17-14-11-8-5-2/h7-8,10-11,16-17,19-20,23-24,26-27,29-30,43,46,63H,4-6,9,12-15,18,21-22,25,28,31-42,44-45,47-62H2,1-3H3/b10-7-,11-8-,19-16-,20-17-,24-23-,27-26-,30-29-,46-43-. The minimum Gasteiger partial charge on any atom is -0.462 e. The van der Waals surface area contributed by atoms with E-state index < -0.39 is 6.10 Å². The summed E-state index contributed by atoms with van der Waals surface area (Å²) in [7, 11) is 0. The molecular weight excluding hydrogens is 889 g/mol. The van der Waals surface area contributed by atoms with Crippen LogP contribution in [0.25, 0.3) is 0 Å². The van der Waals surface area contributed by atoms with Crippen molar-refractivity contribution in [2.45, 2.75) is 290 Å². The van der Waals surface area contributed by atoms with E-state index in [4.69, 9.17) is 14.2 Å². The lowest BCUT2D eigenvalue weighted by atomic mass is 10.0. The molecular formula is C66H112O6. The van der Waals surface area contributed by atoms with Crippen LogP contribution in [0.1, 0.15) is 284 Å². The van der Waals surface area contributed by atoms with Crippen LogP contribution in [0, 0.1) is 0 Å². The van der Waals surface area contributed by atoms with Gasteiger partial charge in [0.2, 0.25) is 0 Å². The average Bonchev–Trinajstić information content (AvgIpc) is 3.38. The Hall–Kier alpha value is -3.67. The van der Waals surface area contributed by atoms with Crippen molar-refractivity contribution in [2.24, 2.45) is 0 Å². The Morgan fingerprint density at radius 1 is 0.292 bits per heavy atom. The first-order valence-corrected chi connectivity index (χ1v) is 30.2. The Kier molecular flexibility index (Phi) is 56.8. The predicted molar refractivity (Wildman–Crippen MR) is 311 cm³/mol. The Bertz CT molecular complexity index is 1430. The quantitative estimate of drug-likeness (QED) is 0.0261. The van der Waals surface area contributed by atoms with Crippen LogP contribution >= 0.6 is 0 Å². The van der Waals surface area contributed by atoms with Crippen molar-refractivity contribution < 1.29 is 28.6 Å². The second-order valence-corrected chi connectivity index (χ2v) is 19.9. The van der Waals surface area contributed by atoms with Gasteiger partial charge in [-0.25, -0.2) is 0 Å². The van der Waals surface area contributed by atoms with Gasteiger partial charge in [-0.15, -0.1) is 0 Å². The molecule has 6 nitrogen and oxygen atoms in total. The fourth-order valence-corrected chi connectivity index (χ4v) is 8.37. The molecule has 0 heterocycles. The Labute approximate surface area is 445 Å². The molecule has 412 valence electrons. The molecule has 1 unspecified atom stereocenters. The lowest BCUT2D eigenvalue weighted by molar-refractivity contribution is -0.167. The van der Waals surface area contributed by atoms with Crippen LogP contribution in [0.4, 0.5) is 0 Å². The molecule has 0 spiro atoms. The molecule has 0 aliphatic heterocycles. The fraction of sp³-hybridized carbons (Fsp3) is 0.712. The third-order valence-electron chi connectivity index (χ3n) is 12.8. The highest BCUT2D eigenvalue weighted by Crippen LogP contribution is 2.16. The third-order valence-corrected chi connectivity index (χ3v) is 12.8. The van der Waals surface area contributed by atoms with Gasteiger partial charge >= 0.3 is 17.9 Å². The number of allylic oxidation sites excluding steroid dienone is 16. The number of carbonyl (C=O) groups excluding carboxylic acids is 3. The molecule has 6 heteroatoms. The first-order valence-electron chi connectivity index (χ1n) is 30.2. The van der Waals surface area contributed by atoms with Gasteiger partial charge in [-0.3, -0.25) is 14.4 Å². The molecule has 0 saturated heterocycles. The number of ether oxygens (including phenoxy) is 3. The van der Waals surface area contributed by atoms with Gasteiger partial charge in [0.25, 0.3) is 0 Å².